The molecule has 4 heteroatoms. The molecule has 2 aliphatic rings. The van der Waals surface area contributed by atoms with E-state index in [0.29, 0.717) is 0 Å². The summed E-state index contributed by atoms with van der Waals surface area (Å²) < 4.78 is 5.77. The minimum atomic E-state index is -0.0496. The highest BCUT2D eigenvalue weighted by molar-refractivity contribution is 5.81. The van der Waals surface area contributed by atoms with Crippen LogP contribution in [0.2, 0.25) is 0 Å². The summed E-state index contributed by atoms with van der Waals surface area (Å²) in [6.45, 7) is 0.843. The first-order valence-corrected chi connectivity index (χ1v) is 5.29. The molecule has 4 nitrogen and oxygen atoms in total. The van der Waals surface area contributed by atoms with E-state index in [-0.39, 0.29) is 12.7 Å². The minimum absolute atomic E-state index is 0.0496. The van der Waals surface area contributed by atoms with Crippen LogP contribution in [0.25, 0.3) is 0 Å². The van der Waals surface area contributed by atoms with Gasteiger partial charge in [0, 0.05) is 0 Å². The lowest BCUT2D eigenvalue weighted by molar-refractivity contribution is 0.0986. The molecule has 0 saturated heterocycles. The molecule has 0 amide bonds. The Labute approximate surface area is 88.3 Å². The number of fused-ring (bicyclic) bond motifs is 3. The van der Waals surface area contributed by atoms with E-state index in [4.69, 9.17) is 9.84 Å². The summed E-state index contributed by atoms with van der Waals surface area (Å²) >= 11 is 0. The van der Waals surface area contributed by atoms with Gasteiger partial charge in [0.1, 0.15) is 17.5 Å². The van der Waals surface area contributed by atoms with E-state index >= 15 is 0 Å². The number of benzene rings is 1. The zero-order valence-electron chi connectivity index (χ0n) is 8.42. The molecule has 0 bridgehead atoms. The van der Waals surface area contributed by atoms with Gasteiger partial charge in [0.15, 0.2) is 0 Å². The Morgan fingerprint density at radius 1 is 1.40 bits per heavy atom. The molecule has 3 N–H and O–H groups in total. The maximum absolute atomic E-state index is 9.10. The van der Waals surface area contributed by atoms with Gasteiger partial charge in [-0.3, -0.25) is 0 Å². The van der Waals surface area contributed by atoms with Crippen LogP contribution in [0, 0.1) is 0 Å². The average molecular weight is 206 g/mol. The Morgan fingerprint density at radius 3 is 3.20 bits per heavy atom. The molecule has 0 aromatic heterocycles. The Morgan fingerprint density at radius 2 is 2.33 bits per heavy atom. The molecule has 2 heterocycles. The molecular weight excluding hydrogens is 192 g/mol. The Bertz CT molecular complexity index is 392. The van der Waals surface area contributed by atoms with Crippen molar-refractivity contribution < 1.29 is 9.84 Å². The van der Waals surface area contributed by atoms with E-state index in [1.54, 1.807) is 0 Å². The molecule has 0 fully saturated rings. The molecule has 2 aliphatic heterocycles. The van der Waals surface area contributed by atoms with Gasteiger partial charge in [-0.05, 0) is 24.5 Å². The Hall–Kier alpha value is -1.42. The monoisotopic (exact) mass is 206 g/mol. The summed E-state index contributed by atoms with van der Waals surface area (Å²) in [4.78, 5) is 0. The number of rotatable bonds is 1. The average Bonchev–Trinajstić information content (AvgIpc) is 2.76. The SMILES string of the molecule is OCC1CCc2ccc3c(c2O1)NCN3. The standard InChI is InChI=1S/C11H14N2O2/c14-5-8-3-1-7-2-4-9-10(11(7)15-8)13-6-12-9/h2,4,8,12-14H,1,3,5-6H2. The van der Waals surface area contributed by atoms with Crippen molar-refractivity contribution in [2.75, 3.05) is 23.9 Å². The third kappa shape index (κ3) is 1.33. The summed E-state index contributed by atoms with van der Waals surface area (Å²) in [7, 11) is 0. The van der Waals surface area contributed by atoms with Crippen LogP contribution in [-0.2, 0) is 6.42 Å². The first kappa shape index (κ1) is 8.85. The number of nitrogens with one attached hydrogen (secondary N) is 2. The molecular formula is C11H14N2O2. The number of anilines is 2. The van der Waals surface area contributed by atoms with Crippen LogP contribution >= 0.6 is 0 Å². The number of aliphatic hydroxyl groups is 1. The summed E-state index contributed by atoms with van der Waals surface area (Å²) in [5.74, 6) is 0.919. The maximum atomic E-state index is 9.10. The highest BCUT2D eigenvalue weighted by atomic mass is 16.5. The van der Waals surface area contributed by atoms with E-state index in [2.05, 4.69) is 22.8 Å². The number of aliphatic hydroxyl groups excluding tert-OH is 1. The summed E-state index contributed by atoms with van der Waals surface area (Å²) in [6.07, 6.45) is 1.83. The molecule has 1 atom stereocenters. The van der Waals surface area contributed by atoms with Crippen molar-refractivity contribution in [3.05, 3.63) is 17.7 Å². The second kappa shape index (κ2) is 3.31. The molecule has 15 heavy (non-hydrogen) atoms. The molecule has 80 valence electrons. The highest BCUT2D eigenvalue weighted by Crippen LogP contribution is 2.41. The van der Waals surface area contributed by atoms with Crippen molar-refractivity contribution in [1.82, 2.24) is 0 Å². The fourth-order valence-electron chi connectivity index (χ4n) is 2.18. The van der Waals surface area contributed by atoms with Gasteiger partial charge in [-0.25, -0.2) is 0 Å². The van der Waals surface area contributed by atoms with Crippen molar-refractivity contribution in [2.24, 2.45) is 0 Å². The molecule has 1 unspecified atom stereocenters. The van der Waals surface area contributed by atoms with Crippen LogP contribution in [-0.4, -0.2) is 24.5 Å². The fraction of sp³-hybridized carbons (Fsp3) is 0.455. The lowest BCUT2D eigenvalue weighted by Crippen LogP contribution is -2.26. The van der Waals surface area contributed by atoms with Crippen molar-refractivity contribution in [1.29, 1.82) is 0 Å². The molecule has 0 radical (unpaired) electrons. The number of hydrogen-bond donors (Lipinski definition) is 3. The van der Waals surface area contributed by atoms with Crippen LogP contribution in [0.4, 0.5) is 11.4 Å². The third-order valence-electron chi connectivity index (χ3n) is 3.01. The lowest BCUT2D eigenvalue weighted by Gasteiger charge is -2.26. The molecule has 3 rings (SSSR count). The molecule has 0 spiro atoms. The predicted molar refractivity (Wildman–Crippen MR) is 58.4 cm³/mol. The van der Waals surface area contributed by atoms with Gasteiger partial charge in [0.05, 0.1) is 19.0 Å². The second-order valence-corrected chi connectivity index (χ2v) is 3.97. The summed E-state index contributed by atoms with van der Waals surface area (Å²) in [5, 5.41) is 15.6. The topological polar surface area (TPSA) is 53.5 Å². The number of ether oxygens (including phenoxy) is 1. The quantitative estimate of drug-likeness (QED) is 0.645. The summed E-state index contributed by atoms with van der Waals surface area (Å²) in [6, 6.07) is 4.18. The normalized spacial score (nSPS) is 22.1. The Balaban J connectivity index is 2.03. The van der Waals surface area contributed by atoms with Crippen LogP contribution in [0.3, 0.4) is 0 Å². The predicted octanol–water partition coefficient (Wildman–Crippen LogP) is 1.17. The third-order valence-corrected chi connectivity index (χ3v) is 3.01. The van der Waals surface area contributed by atoms with Crippen molar-refractivity contribution >= 4 is 11.4 Å². The van der Waals surface area contributed by atoms with Crippen molar-refractivity contribution in [2.45, 2.75) is 18.9 Å². The lowest BCUT2D eigenvalue weighted by atomic mass is 10.0. The number of hydrogen-bond acceptors (Lipinski definition) is 4. The van der Waals surface area contributed by atoms with Gasteiger partial charge in [-0.1, -0.05) is 6.07 Å². The molecule has 0 saturated carbocycles. The largest absolute Gasteiger partial charge is 0.485 e. The summed E-state index contributed by atoms with van der Waals surface area (Å²) in [5.41, 5.74) is 3.37. The van der Waals surface area contributed by atoms with Gasteiger partial charge in [0.25, 0.3) is 0 Å². The van der Waals surface area contributed by atoms with E-state index in [0.717, 1.165) is 36.6 Å². The van der Waals surface area contributed by atoms with Gasteiger partial charge in [0.2, 0.25) is 0 Å². The maximum Gasteiger partial charge on any atom is 0.148 e. The van der Waals surface area contributed by atoms with Crippen molar-refractivity contribution in [3.63, 3.8) is 0 Å². The van der Waals surface area contributed by atoms with Crippen LogP contribution in [0.1, 0.15) is 12.0 Å². The van der Waals surface area contributed by atoms with E-state index in [1.165, 1.54) is 5.56 Å². The van der Waals surface area contributed by atoms with Crippen molar-refractivity contribution in [3.8, 4) is 5.75 Å². The molecule has 1 aromatic carbocycles. The second-order valence-electron chi connectivity index (χ2n) is 3.97. The zero-order valence-corrected chi connectivity index (χ0v) is 8.42. The smallest absolute Gasteiger partial charge is 0.148 e. The van der Waals surface area contributed by atoms with Gasteiger partial charge in [-0.2, -0.15) is 0 Å². The number of aryl methyl sites for hydroxylation is 1. The molecule has 1 aromatic rings. The highest BCUT2D eigenvalue weighted by Gasteiger charge is 2.25. The van der Waals surface area contributed by atoms with Gasteiger partial charge >= 0.3 is 0 Å². The minimum Gasteiger partial charge on any atom is -0.485 e. The van der Waals surface area contributed by atoms with E-state index in [1.807, 2.05) is 0 Å². The van der Waals surface area contributed by atoms with Gasteiger partial charge < -0.3 is 20.5 Å². The van der Waals surface area contributed by atoms with Crippen LogP contribution < -0.4 is 15.4 Å². The van der Waals surface area contributed by atoms with Gasteiger partial charge in [-0.15, -0.1) is 0 Å². The Kier molecular flexibility index (Phi) is 1.95. The molecule has 0 aliphatic carbocycles. The first-order chi connectivity index (χ1) is 7.38. The van der Waals surface area contributed by atoms with E-state index < -0.39 is 0 Å². The van der Waals surface area contributed by atoms with E-state index in [9.17, 15) is 0 Å². The first-order valence-electron chi connectivity index (χ1n) is 5.29. The zero-order chi connectivity index (χ0) is 10.3. The fourth-order valence-corrected chi connectivity index (χ4v) is 2.18. The van der Waals surface area contributed by atoms with Crippen LogP contribution in [0.15, 0.2) is 12.1 Å². The van der Waals surface area contributed by atoms with Crippen LogP contribution in [0.5, 0.6) is 5.75 Å².